The highest BCUT2D eigenvalue weighted by Crippen LogP contribution is 2.27. The number of aryl methyl sites for hydroxylation is 1. The number of carbonyl (C=O) groups excluding carboxylic acids is 1. The Morgan fingerprint density at radius 3 is 2.56 bits per heavy atom. The van der Waals surface area contributed by atoms with E-state index < -0.39 is 0 Å². The van der Waals surface area contributed by atoms with Gasteiger partial charge in [0.2, 0.25) is 0 Å². The van der Waals surface area contributed by atoms with Gasteiger partial charge in [-0.3, -0.25) is 9.48 Å². The first kappa shape index (κ1) is 11.2. The van der Waals surface area contributed by atoms with Gasteiger partial charge in [-0.25, -0.2) is 0 Å². The smallest absolute Gasteiger partial charge is 0.141 e. The van der Waals surface area contributed by atoms with E-state index in [-0.39, 0.29) is 5.92 Å². The van der Waals surface area contributed by atoms with Gasteiger partial charge in [0.1, 0.15) is 5.78 Å². The van der Waals surface area contributed by atoms with E-state index in [4.69, 9.17) is 0 Å². The number of hydrogen-bond donors (Lipinski definition) is 0. The van der Waals surface area contributed by atoms with Crippen molar-refractivity contribution in [1.82, 2.24) is 9.78 Å². The van der Waals surface area contributed by atoms with Crippen LogP contribution < -0.4 is 0 Å². The summed E-state index contributed by atoms with van der Waals surface area (Å²) in [4.78, 5) is 12.3. The van der Waals surface area contributed by atoms with Crippen molar-refractivity contribution >= 4 is 5.78 Å². The molecular formula is C15H16N2O. The molecule has 0 atom stereocenters. The van der Waals surface area contributed by atoms with Crippen molar-refractivity contribution in [3.8, 4) is 0 Å². The molecule has 1 aliphatic rings. The van der Waals surface area contributed by atoms with E-state index in [9.17, 15) is 4.79 Å². The molecule has 1 heterocycles. The summed E-state index contributed by atoms with van der Waals surface area (Å²) in [6.45, 7) is 0. The van der Waals surface area contributed by atoms with Crippen LogP contribution in [0.4, 0.5) is 0 Å². The van der Waals surface area contributed by atoms with Crippen LogP contribution in [-0.4, -0.2) is 15.6 Å². The number of nitrogens with zero attached hydrogens (tertiary/aromatic N) is 2. The summed E-state index contributed by atoms with van der Waals surface area (Å²) < 4.78 is 1.74. The second-order valence-electron chi connectivity index (χ2n) is 5.04. The van der Waals surface area contributed by atoms with Crippen LogP contribution in [0.25, 0.3) is 0 Å². The van der Waals surface area contributed by atoms with E-state index in [0.717, 1.165) is 18.4 Å². The average molecular weight is 240 g/mol. The average Bonchev–Trinajstić information content (AvgIpc) is 2.95. The zero-order chi connectivity index (χ0) is 12.5. The van der Waals surface area contributed by atoms with Gasteiger partial charge in [0.25, 0.3) is 0 Å². The Morgan fingerprint density at radius 1 is 1.33 bits per heavy atom. The first-order valence-corrected chi connectivity index (χ1v) is 6.29. The molecule has 0 amide bonds. The number of benzene rings is 1. The van der Waals surface area contributed by atoms with E-state index in [1.54, 1.807) is 10.9 Å². The molecule has 0 radical (unpaired) electrons. The highest BCUT2D eigenvalue weighted by molar-refractivity contribution is 5.84. The highest BCUT2D eigenvalue weighted by Gasteiger charge is 2.26. The minimum absolute atomic E-state index is 0.155. The van der Waals surface area contributed by atoms with Gasteiger partial charge >= 0.3 is 0 Å². The lowest BCUT2D eigenvalue weighted by molar-refractivity contribution is -0.121. The Hall–Kier alpha value is -1.90. The summed E-state index contributed by atoms with van der Waals surface area (Å²) in [5.41, 5.74) is 3.68. The summed E-state index contributed by atoms with van der Waals surface area (Å²) in [5.74, 6) is 0.488. The lowest BCUT2D eigenvalue weighted by Crippen LogP contribution is -2.16. The zero-order valence-corrected chi connectivity index (χ0v) is 10.5. The van der Waals surface area contributed by atoms with Crippen LogP contribution in [0.3, 0.4) is 0 Å². The van der Waals surface area contributed by atoms with E-state index in [1.807, 2.05) is 25.4 Å². The first-order chi connectivity index (χ1) is 8.72. The maximum Gasteiger partial charge on any atom is 0.141 e. The van der Waals surface area contributed by atoms with Gasteiger partial charge < -0.3 is 0 Å². The molecule has 18 heavy (non-hydrogen) atoms. The fourth-order valence-electron chi connectivity index (χ4n) is 2.70. The number of rotatable bonds is 3. The van der Waals surface area contributed by atoms with E-state index in [2.05, 4.69) is 17.2 Å². The monoisotopic (exact) mass is 240 g/mol. The molecule has 0 unspecified atom stereocenters. The van der Waals surface area contributed by atoms with Crippen molar-refractivity contribution < 1.29 is 4.79 Å². The van der Waals surface area contributed by atoms with E-state index >= 15 is 0 Å². The van der Waals surface area contributed by atoms with Gasteiger partial charge in [0, 0.05) is 25.6 Å². The minimum atomic E-state index is 0.155. The third kappa shape index (κ3) is 2.08. The molecule has 0 N–H and O–H groups in total. The topological polar surface area (TPSA) is 34.9 Å². The molecule has 92 valence electrons. The first-order valence-electron chi connectivity index (χ1n) is 6.29. The van der Waals surface area contributed by atoms with Crippen molar-refractivity contribution in [3.05, 3.63) is 53.3 Å². The number of aromatic nitrogens is 2. The molecule has 0 aliphatic heterocycles. The number of fused-ring (bicyclic) bond motifs is 1. The molecule has 0 spiro atoms. The van der Waals surface area contributed by atoms with Gasteiger partial charge in [-0.05, 0) is 29.5 Å². The fourth-order valence-corrected chi connectivity index (χ4v) is 2.70. The number of ketones is 1. The lowest BCUT2D eigenvalue weighted by atomic mass is 9.96. The summed E-state index contributed by atoms with van der Waals surface area (Å²) in [7, 11) is 1.87. The molecule has 0 saturated heterocycles. The van der Waals surface area contributed by atoms with Crippen molar-refractivity contribution in [2.45, 2.75) is 19.3 Å². The molecule has 1 aromatic heterocycles. The fraction of sp³-hybridized carbons (Fsp3) is 0.333. The predicted molar refractivity (Wildman–Crippen MR) is 69.3 cm³/mol. The van der Waals surface area contributed by atoms with Crippen molar-refractivity contribution in [2.75, 3.05) is 0 Å². The van der Waals surface area contributed by atoms with Gasteiger partial charge in [-0.15, -0.1) is 0 Å². The molecule has 1 aliphatic carbocycles. The Morgan fingerprint density at radius 2 is 2.00 bits per heavy atom. The van der Waals surface area contributed by atoms with Crippen molar-refractivity contribution in [3.63, 3.8) is 0 Å². The normalized spacial score (nSPS) is 14.7. The van der Waals surface area contributed by atoms with Crippen molar-refractivity contribution in [1.29, 1.82) is 0 Å². The number of Topliss-reactive ketones (excluding diaryl/α,β-unsaturated/α-hetero) is 1. The Balaban J connectivity index is 1.69. The van der Waals surface area contributed by atoms with E-state index in [1.165, 1.54) is 11.1 Å². The second-order valence-corrected chi connectivity index (χ2v) is 5.04. The van der Waals surface area contributed by atoms with Crippen molar-refractivity contribution in [2.24, 2.45) is 13.0 Å². The summed E-state index contributed by atoms with van der Waals surface area (Å²) >= 11 is 0. The van der Waals surface area contributed by atoms with Crippen LogP contribution in [0.15, 0.2) is 36.7 Å². The molecule has 0 saturated carbocycles. The van der Waals surface area contributed by atoms with Crippen LogP contribution in [-0.2, 0) is 31.1 Å². The van der Waals surface area contributed by atoms with Crippen LogP contribution >= 0.6 is 0 Å². The van der Waals surface area contributed by atoms with E-state index in [0.29, 0.717) is 12.2 Å². The van der Waals surface area contributed by atoms with Crippen LogP contribution in [0.1, 0.15) is 16.7 Å². The molecule has 3 rings (SSSR count). The lowest BCUT2D eigenvalue weighted by Gasteiger charge is -2.06. The molecule has 0 fully saturated rings. The Kier molecular flexibility index (Phi) is 2.74. The SMILES string of the molecule is Cn1cc(CC(=O)C2Cc3ccccc3C2)cn1. The van der Waals surface area contributed by atoms with Crippen LogP contribution in [0.5, 0.6) is 0 Å². The maximum atomic E-state index is 12.3. The van der Waals surface area contributed by atoms with Gasteiger partial charge in [-0.1, -0.05) is 24.3 Å². The maximum absolute atomic E-state index is 12.3. The molecular weight excluding hydrogens is 224 g/mol. The van der Waals surface area contributed by atoms with Gasteiger partial charge in [0.05, 0.1) is 6.20 Å². The molecule has 1 aromatic carbocycles. The highest BCUT2D eigenvalue weighted by atomic mass is 16.1. The summed E-state index contributed by atoms with van der Waals surface area (Å²) in [6, 6.07) is 8.36. The quantitative estimate of drug-likeness (QED) is 0.822. The van der Waals surface area contributed by atoms with Crippen LogP contribution in [0.2, 0.25) is 0 Å². The summed E-state index contributed by atoms with van der Waals surface area (Å²) in [5, 5.41) is 4.10. The Bertz CT molecular complexity index is 561. The summed E-state index contributed by atoms with van der Waals surface area (Å²) in [6.07, 6.45) is 6.00. The number of carbonyl (C=O) groups is 1. The molecule has 3 heteroatoms. The standard InChI is InChI=1S/C15H16N2O/c1-17-10-11(9-16-17)6-15(18)14-7-12-4-2-3-5-13(12)8-14/h2-5,9-10,14H,6-8H2,1H3. The molecule has 2 aromatic rings. The Labute approximate surface area is 106 Å². The minimum Gasteiger partial charge on any atom is -0.299 e. The van der Waals surface area contributed by atoms with Crippen LogP contribution in [0, 0.1) is 5.92 Å². The third-order valence-corrected chi connectivity index (χ3v) is 3.64. The van der Waals surface area contributed by atoms with Gasteiger partial charge in [0.15, 0.2) is 0 Å². The molecule has 3 nitrogen and oxygen atoms in total. The largest absolute Gasteiger partial charge is 0.299 e. The third-order valence-electron chi connectivity index (χ3n) is 3.64. The van der Waals surface area contributed by atoms with Gasteiger partial charge in [-0.2, -0.15) is 5.10 Å². The zero-order valence-electron chi connectivity index (χ0n) is 10.5. The predicted octanol–water partition coefficient (Wildman–Crippen LogP) is 1.95. The second kappa shape index (κ2) is 4.41. The molecule has 0 bridgehead atoms. The number of hydrogen-bond acceptors (Lipinski definition) is 2.